The maximum absolute atomic E-state index is 12.3. The molecule has 1 amide bonds. The number of aromatic nitrogens is 2. The molecular weight excluding hydrogens is 370 g/mol. The Hall–Kier alpha value is -2.86. The molecule has 6 heteroatoms. The molecule has 0 N–H and O–H groups in total. The van der Waals surface area contributed by atoms with Gasteiger partial charge in [0.05, 0.1) is 11.2 Å². The van der Waals surface area contributed by atoms with Crippen LogP contribution in [0.5, 0.6) is 0 Å². The molecule has 2 heterocycles. The van der Waals surface area contributed by atoms with Crippen molar-refractivity contribution in [3.05, 3.63) is 66.2 Å². The second kappa shape index (κ2) is 7.28. The van der Waals surface area contributed by atoms with E-state index in [1.807, 2.05) is 53.4 Å². The zero-order chi connectivity index (χ0) is 19.7. The second-order valence-electron chi connectivity index (χ2n) is 7.22. The molecule has 0 fully saturated rings. The van der Waals surface area contributed by atoms with Crippen molar-refractivity contribution in [2.24, 2.45) is 0 Å². The maximum Gasteiger partial charge on any atom is 0.277 e. The van der Waals surface area contributed by atoms with Gasteiger partial charge in [0.25, 0.3) is 5.22 Å². The molecule has 142 valence electrons. The van der Waals surface area contributed by atoms with Gasteiger partial charge in [-0.25, -0.2) is 0 Å². The molecule has 0 radical (unpaired) electrons. The molecule has 0 atom stereocenters. The summed E-state index contributed by atoms with van der Waals surface area (Å²) in [6.07, 6.45) is 2.15. The maximum atomic E-state index is 12.3. The first-order chi connectivity index (χ1) is 13.5. The van der Waals surface area contributed by atoms with Gasteiger partial charge in [0.2, 0.25) is 11.8 Å². The highest BCUT2D eigenvalue weighted by Crippen LogP contribution is 2.41. The number of fused-ring (bicyclic) bond motifs is 1. The van der Waals surface area contributed by atoms with Crippen LogP contribution in [0.1, 0.15) is 26.3 Å². The van der Waals surface area contributed by atoms with Gasteiger partial charge in [-0.1, -0.05) is 54.2 Å². The van der Waals surface area contributed by atoms with Crippen molar-refractivity contribution in [2.45, 2.75) is 31.5 Å². The van der Waals surface area contributed by atoms with Crippen molar-refractivity contribution in [2.75, 3.05) is 10.7 Å². The van der Waals surface area contributed by atoms with E-state index in [4.69, 9.17) is 4.42 Å². The summed E-state index contributed by atoms with van der Waals surface area (Å²) < 4.78 is 5.81. The first kappa shape index (κ1) is 18.5. The minimum atomic E-state index is -0.403. The number of benzene rings is 2. The molecular formula is C22H21N3O2S. The van der Waals surface area contributed by atoms with Gasteiger partial charge in [0, 0.05) is 23.8 Å². The van der Waals surface area contributed by atoms with Crippen LogP contribution in [0, 0.1) is 0 Å². The average Bonchev–Trinajstić information content (AvgIpc) is 3.15. The molecule has 1 aromatic heterocycles. The van der Waals surface area contributed by atoms with Crippen molar-refractivity contribution in [3.63, 3.8) is 0 Å². The minimum absolute atomic E-state index is 0.0322. The smallest absolute Gasteiger partial charge is 0.277 e. The Labute approximate surface area is 168 Å². The van der Waals surface area contributed by atoms with Crippen LogP contribution >= 0.6 is 11.8 Å². The molecule has 0 unspecified atom stereocenters. The highest BCUT2D eigenvalue weighted by atomic mass is 32.2. The molecule has 0 spiro atoms. The summed E-state index contributed by atoms with van der Waals surface area (Å²) in [7, 11) is 0. The average molecular weight is 391 g/mol. The third kappa shape index (κ3) is 3.47. The SMILES string of the molecule is CC(=O)N1c2ccccc2C(CSc2nnc(-c3ccccc3)o2)=CC1(C)C. The molecule has 1 aliphatic rings. The number of carbonyl (C=O) groups excluding carboxylic acids is 1. The Morgan fingerprint density at radius 2 is 1.79 bits per heavy atom. The standard InChI is InChI=1S/C22H21N3O2S/c1-15(26)25-19-12-8-7-11-18(19)17(13-22(25,2)3)14-28-21-24-23-20(27-21)16-9-5-4-6-10-16/h4-13H,14H2,1-3H3. The Kier molecular flexibility index (Phi) is 4.81. The number of para-hydroxylation sites is 1. The first-order valence-electron chi connectivity index (χ1n) is 9.09. The van der Waals surface area contributed by atoms with E-state index in [-0.39, 0.29) is 5.91 Å². The van der Waals surface area contributed by atoms with Gasteiger partial charge in [0.1, 0.15) is 0 Å². The summed E-state index contributed by atoms with van der Waals surface area (Å²) in [4.78, 5) is 14.1. The van der Waals surface area contributed by atoms with Crippen molar-refractivity contribution in [1.82, 2.24) is 10.2 Å². The second-order valence-corrected chi connectivity index (χ2v) is 8.15. The van der Waals surface area contributed by atoms with E-state index in [2.05, 4.69) is 36.2 Å². The molecule has 28 heavy (non-hydrogen) atoms. The van der Waals surface area contributed by atoms with Crippen molar-refractivity contribution >= 4 is 28.9 Å². The third-order valence-electron chi connectivity index (χ3n) is 4.69. The fourth-order valence-electron chi connectivity index (χ4n) is 3.62. The first-order valence-corrected chi connectivity index (χ1v) is 10.1. The van der Waals surface area contributed by atoms with E-state index in [0.29, 0.717) is 16.9 Å². The normalized spacial score (nSPS) is 15.1. The number of amides is 1. The molecule has 5 nitrogen and oxygen atoms in total. The van der Waals surface area contributed by atoms with Crippen molar-refractivity contribution < 1.29 is 9.21 Å². The lowest BCUT2D eigenvalue weighted by atomic mass is 9.89. The lowest BCUT2D eigenvalue weighted by Gasteiger charge is -2.41. The predicted octanol–water partition coefficient (Wildman–Crippen LogP) is 5.06. The third-order valence-corrected chi connectivity index (χ3v) is 5.56. The summed E-state index contributed by atoms with van der Waals surface area (Å²) in [6, 6.07) is 17.7. The zero-order valence-corrected chi connectivity index (χ0v) is 16.9. The molecule has 0 saturated heterocycles. The highest BCUT2D eigenvalue weighted by Gasteiger charge is 2.34. The molecule has 1 aliphatic heterocycles. The zero-order valence-electron chi connectivity index (χ0n) is 16.0. The van der Waals surface area contributed by atoms with Crippen LogP contribution in [0.25, 0.3) is 17.0 Å². The lowest BCUT2D eigenvalue weighted by Crippen LogP contribution is -2.48. The number of hydrogen-bond donors (Lipinski definition) is 0. The van der Waals surface area contributed by atoms with Crippen LogP contribution in [-0.4, -0.2) is 27.4 Å². The van der Waals surface area contributed by atoms with Crippen LogP contribution in [0.4, 0.5) is 5.69 Å². The van der Waals surface area contributed by atoms with Gasteiger partial charge < -0.3 is 9.32 Å². The van der Waals surface area contributed by atoms with Gasteiger partial charge in [-0.15, -0.1) is 10.2 Å². The monoisotopic (exact) mass is 391 g/mol. The largest absolute Gasteiger partial charge is 0.411 e. The van der Waals surface area contributed by atoms with Gasteiger partial charge in [-0.3, -0.25) is 4.79 Å². The number of hydrogen-bond acceptors (Lipinski definition) is 5. The van der Waals surface area contributed by atoms with Crippen LogP contribution in [-0.2, 0) is 4.79 Å². The summed E-state index contributed by atoms with van der Waals surface area (Å²) in [5, 5.41) is 8.85. The molecule has 3 aromatic rings. The molecule has 2 aromatic carbocycles. The predicted molar refractivity (Wildman–Crippen MR) is 112 cm³/mol. The number of carbonyl (C=O) groups is 1. The number of anilines is 1. The van der Waals surface area contributed by atoms with Gasteiger partial charge >= 0.3 is 0 Å². The quantitative estimate of drug-likeness (QED) is 0.582. The van der Waals surface area contributed by atoms with Crippen molar-refractivity contribution in [3.8, 4) is 11.5 Å². The minimum Gasteiger partial charge on any atom is -0.411 e. The summed E-state index contributed by atoms with van der Waals surface area (Å²) >= 11 is 1.50. The van der Waals surface area contributed by atoms with Gasteiger partial charge in [-0.2, -0.15) is 0 Å². The van der Waals surface area contributed by atoms with E-state index in [9.17, 15) is 4.79 Å². The summed E-state index contributed by atoms with van der Waals surface area (Å²) in [6.45, 7) is 5.71. The molecule has 0 saturated carbocycles. The Balaban J connectivity index is 1.59. The van der Waals surface area contributed by atoms with E-state index < -0.39 is 5.54 Å². The molecule has 0 bridgehead atoms. The van der Waals surface area contributed by atoms with Crippen LogP contribution < -0.4 is 4.90 Å². The highest BCUT2D eigenvalue weighted by molar-refractivity contribution is 7.99. The Morgan fingerprint density at radius 1 is 1.07 bits per heavy atom. The number of nitrogens with zero attached hydrogens (tertiary/aromatic N) is 3. The topological polar surface area (TPSA) is 59.2 Å². The number of thioether (sulfide) groups is 1. The van der Waals surface area contributed by atoms with Crippen molar-refractivity contribution in [1.29, 1.82) is 0 Å². The van der Waals surface area contributed by atoms with Gasteiger partial charge in [-0.05, 0) is 37.6 Å². The molecule has 4 rings (SSSR count). The van der Waals surface area contributed by atoms with Crippen LogP contribution in [0.2, 0.25) is 0 Å². The van der Waals surface area contributed by atoms with E-state index in [1.165, 1.54) is 11.8 Å². The summed E-state index contributed by atoms with van der Waals surface area (Å²) in [5.41, 5.74) is 3.66. The number of rotatable bonds is 4. The fraction of sp³-hybridized carbons (Fsp3) is 0.227. The molecule has 0 aliphatic carbocycles. The fourth-order valence-corrected chi connectivity index (χ4v) is 4.37. The van der Waals surface area contributed by atoms with E-state index in [1.54, 1.807) is 6.92 Å². The van der Waals surface area contributed by atoms with Crippen LogP contribution in [0.3, 0.4) is 0 Å². The summed E-state index contributed by atoms with van der Waals surface area (Å²) in [5.74, 6) is 1.23. The lowest BCUT2D eigenvalue weighted by molar-refractivity contribution is -0.117. The Bertz CT molecular complexity index is 1040. The Morgan fingerprint density at radius 3 is 2.54 bits per heavy atom. The van der Waals surface area contributed by atoms with E-state index in [0.717, 1.165) is 22.4 Å². The van der Waals surface area contributed by atoms with Crippen LogP contribution in [0.15, 0.2) is 70.3 Å². The van der Waals surface area contributed by atoms with E-state index >= 15 is 0 Å². The van der Waals surface area contributed by atoms with Gasteiger partial charge in [0.15, 0.2) is 0 Å².